The van der Waals surface area contributed by atoms with E-state index in [1.165, 1.54) is 7.11 Å². The number of hydrogen-bond acceptors (Lipinski definition) is 5. The molecule has 0 aliphatic rings. The van der Waals surface area contributed by atoms with E-state index in [2.05, 4.69) is 15.4 Å². The van der Waals surface area contributed by atoms with E-state index >= 15 is 0 Å². The highest BCUT2D eigenvalue weighted by atomic mass is 16.5. The van der Waals surface area contributed by atoms with Crippen LogP contribution in [0, 0.1) is 0 Å². The van der Waals surface area contributed by atoms with Crippen molar-refractivity contribution in [2.75, 3.05) is 27.4 Å². The van der Waals surface area contributed by atoms with Gasteiger partial charge in [0.05, 0.1) is 13.8 Å². The Morgan fingerprint density at radius 3 is 2.71 bits per heavy atom. The van der Waals surface area contributed by atoms with Crippen LogP contribution in [0.3, 0.4) is 0 Å². The fourth-order valence-electron chi connectivity index (χ4n) is 1.21. The normalized spacial score (nSPS) is 12.5. The van der Waals surface area contributed by atoms with Crippen LogP contribution in [-0.2, 0) is 9.53 Å². The zero-order valence-corrected chi connectivity index (χ0v) is 8.88. The van der Waals surface area contributed by atoms with Crippen LogP contribution in [0.5, 0.6) is 0 Å². The lowest BCUT2D eigenvalue weighted by atomic mass is 10.1. The highest BCUT2D eigenvalue weighted by Gasteiger charge is 2.16. The maximum atomic E-state index is 11.2. The summed E-state index contributed by atoms with van der Waals surface area (Å²) in [5.74, 6) is -0.316. The molecule has 14 heavy (non-hydrogen) atoms. The molecule has 0 radical (unpaired) electrons. The molecular formula is C9H20N2O3. The molecule has 0 bridgehead atoms. The third-order valence-corrected chi connectivity index (χ3v) is 1.99. The van der Waals surface area contributed by atoms with Crippen LogP contribution in [-0.4, -0.2) is 44.6 Å². The van der Waals surface area contributed by atoms with Gasteiger partial charge in [-0.05, 0) is 26.4 Å². The molecule has 0 heterocycles. The van der Waals surface area contributed by atoms with E-state index in [4.69, 9.17) is 5.11 Å². The first kappa shape index (κ1) is 13.4. The molecule has 0 aromatic rings. The second-order valence-electron chi connectivity index (χ2n) is 3.04. The molecule has 0 unspecified atom stereocenters. The molecule has 5 heteroatoms. The van der Waals surface area contributed by atoms with E-state index < -0.39 is 0 Å². The molecular weight excluding hydrogens is 184 g/mol. The topological polar surface area (TPSA) is 70.6 Å². The number of nitrogens with one attached hydrogen (secondary N) is 2. The minimum atomic E-state index is -0.387. The van der Waals surface area contributed by atoms with E-state index in [1.807, 2.05) is 7.05 Å². The molecule has 0 fully saturated rings. The van der Waals surface area contributed by atoms with Gasteiger partial charge in [-0.2, -0.15) is 0 Å². The number of carbonyl (C=O) groups is 1. The maximum Gasteiger partial charge on any atom is 0.322 e. The standard InChI is InChI=1S/C9H20N2O3/c1-10-6-4-3-5-8(11-7-12)9(13)14-2/h8,10-12H,3-7H2,1-2H3/t8-/m0/s1. The lowest BCUT2D eigenvalue weighted by molar-refractivity contribution is -0.143. The molecule has 0 aliphatic carbocycles. The van der Waals surface area contributed by atoms with Crippen molar-refractivity contribution in [3.63, 3.8) is 0 Å². The second kappa shape index (κ2) is 8.93. The van der Waals surface area contributed by atoms with Crippen molar-refractivity contribution in [1.29, 1.82) is 0 Å². The van der Waals surface area contributed by atoms with E-state index in [9.17, 15) is 4.79 Å². The van der Waals surface area contributed by atoms with Gasteiger partial charge in [-0.15, -0.1) is 0 Å². The van der Waals surface area contributed by atoms with Crippen LogP contribution in [0.2, 0.25) is 0 Å². The minimum Gasteiger partial charge on any atom is -0.468 e. The molecule has 0 saturated carbocycles. The summed E-state index contributed by atoms with van der Waals surface area (Å²) in [7, 11) is 3.24. The lowest BCUT2D eigenvalue weighted by Crippen LogP contribution is -2.38. The number of aliphatic hydroxyl groups is 1. The quantitative estimate of drug-likeness (QED) is 0.281. The third kappa shape index (κ3) is 5.90. The van der Waals surface area contributed by atoms with Crippen molar-refractivity contribution in [2.45, 2.75) is 25.3 Å². The zero-order chi connectivity index (χ0) is 10.8. The highest BCUT2D eigenvalue weighted by Crippen LogP contribution is 2.01. The van der Waals surface area contributed by atoms with E-state index in [-0.39, 0.29) is 18.7 Å². The SMILES string of the molecule is CNCCCC[C@H](NCO)C(=O)OC. The van der Waals surface area contributed by atoms with E-state index in [0.29, 0.717) is 6.42 Å². The summed E-state index contributed by atoms with van der Waals surface area (Å²) >= 11 is 0. The van der Waals surface area contributed by atoms with Gasteiger partial charge >= 0.3 is 5.97 Å². The summed E-state index contributed by atoms with van der Waals surface area (Å²) in [5, 5.41) is 14.4. The first-order valence-corrected chi connectivity index (χ1v) is 4.83. The Hall–Kier alpha value is -0.650. The molecule has 0 spiro atoms. The van der Waals surface area contributed by atoms with E-state index in [0.717, 1.165) is 19.4 Å². The van der Waals surface area contributed by atoms with Crippen LogP contribution in [0.25, 0.3) is 0 Å². The first-order valence-electron chi connectivity index (χ1n) is 4.83. The van der Waals surface area contributed by atoms with Gasteiger partial charge < -0.3 is 15.2 Å². The summed E-state index contributed by atoms with van der Waals surface area (Å²) in [6.07, 6.45) is 2.62. The Morgan fingerprint density at radius 1 is 1.50 bits per heavy atom. The minimum absolute atomic E-state index is 0.203. The molecule has 0 aromatic heterocycles. The van der Waals surface area contributed by atoms with Gasteiger partial charge in [0.25, 0.3) is 0 Å². The summed E-state index contributed by atoms with van der Waals surface area (Å²) < 4.78 is 4.59. The Bertz CT molecular complexity index is 153. The number of aliphatic hydroxyl groups excluding tert-OH is 1. The van der Waals surface area contributed by atoms with Crippen molar-refractivity contribution in [3.05, 3.63) is 0 Å². The van der Waals surface area contributed by atoms with Crippen LogP contribution in [0.15, 0.2) is 0 Å². The fourth-order valence-corrected chi connectivity index (χ4v) is 1.21. The van der Waals surface area contributed by atoms with Crippen molar-refractivity contribution >= 4 is 5.97 Å². The van der Waals surface area contributed by atoms with Gasteiger partial charge in [-0.1, -0.05) is 6.42 Å². The van der Waals surface area contributed by atoms with Gasteiger partial charge in [-0.3, -0.25) is 10.1 Å². The molecule has 84 valence electrons. The predicted molar refractivity (Wildman–Crippen MR) is 53.8 cm³/mol. The third-order valence-electron chi connectivity index (χ3n) is 1.99. The van der Waals surface area contributed by atoms with Crippen molar-refractivity contribution < 1.29 is 14.6 Å². The highest BCUT2D eigenvalue weighted by molar-refractivity contribution is 5.75. The van der Waals surface area contributed by atoms with Crippen LogP contribution in [0.4, 0.5) is 0 Å². The monoisotopic (exact) mass is 204 g/mol. The maximum absolute atomic E-state index is 11.2. The molecule has 0 rings (SSSR count). The molecule has 5 nitrogen and oxygen atoms in total. The molecule has 0 saturated heterocycles. The van der Waals surface area contributed by atoms with Crippen LogP contribution in [0.1, 0.15) is 19.3 Å². The first-order chi connectivity index (χ1) is 6.76. The van der Waals surface area contributed by atoms with Gasteiger partial charge in [-0.25, -0.2) is 0 Å². The molecule has 3 N–H and O–H groups in total. The molecule has 0 amide bonds. The van der Waals surface area contributed by atoms with Crippen LogP contribution >= 0.6 is 0 Å². The molecule has 0 aliphatic heterocycles. The van der Waals surface area contributed by atoms with Crippen molar-refractivity contribution in [1.82, 2.24) is 10.6 Å². The van der Waals surface area contributed by atoms with Gasteiger partial charge in [0.2, 0.25) is 0 Å². The Morgan fingerprint density at radius 2 is 2.21 bits per heavy atom. The average molecular weight is 204 g/mol. The van der Waals surface area contributed by atoms with Crippen molar-refractivity contribution in [2.24, 2.45) is 0 Å². The fraction of sp³-hybridized carbons (Fsp3) is 0.889. The number of rotatable bonds is 8. The predicted octanol–water partition coefficient (Wildman–Crippen LogP) is -0.543. The summed E-state index contributed by atoms with van der Waals surface area (Å²) in [6, 6.07) is -0.387. The molecule has 1 atom stereocenters. The Kier molecular flexibility index (Phi) is 8.51. The smallest absolute Gasteiger partial charge is 0.322 e. The number of carbonyl (C=O) groups excluding carboxylic acids is 1. The Balaban J connectivity index is 3.67. The Labute approximate surface area is 84.8 Å². The lowest BCUT2D eigenvalue weighted by Gasteiger charge is -2.14. The average Bonchev–Trinajstić information content (AvgIpc) is 2.21. The van der Waals surface area contributed by atoms with Gasteiger partial charge in [0.1, 0.15) is 6.04 Å². The number of unbranched alkanes of at least 4 members (excludes halogenated alkanes) is 1. The van der Waals surface area contributed by atoms with Gasteiger partial charge in [0.15, 0.2) is 0 Å². The molecule has 0 aromatic carbocycles. The van der Waals surface area contributed by atoms with E-state index in [1.54, 1.807) is 0 Å². The summed E-state index contributed by atoms with van der Waals surface area (Å²) in [4.78, 5) is 11.2. The zero-order valence-electron chi connectivity index (χ0n) is 8.88. The van der Waals surface area contributed by atoms with Crippen molar-refractivity contribution in [3.8, 4) is 0 Å². The second-order valence-corrected chi connectivity index (χ2v) is 3.04. The number of hydrogen-bond donors (Lipinski definition) is 3. The number of methoxy groups -OCH3 is 1. The van der Waals surface area contributed by atoms with Gasteiger partial charge in [0, 0.05) is 0 Å². The largest absolute Gasteiger partial charge is 0.468 e. The number of esters is 1. The summed E-state index contributed by atoms with van der Waals surface area (Å²) in [5.41, 5.74) is 0. The number of ether oxygens (including phenoxy) is 1. The summed E-state index contributed by atoms with van der Waals surface area (Å²) in [6.45, 7) is 0.735. The van der Waals surface area contributed by atoms with Crippen LogP contribution < -0.4 is 10.6 Å².